The predicted octanol–water partition coefficient (Wildman–Crippen LogP) is 1.66. The Morgan fingerprint density at radius 2 is 2.08 bits per heavy atom. The minimum atomic E-state index is 0.0857. The van der Waals surface area contributed by atoms with Crippen molar-refractivity contribution in [1.82, 2.24) is 19.2 Å². The fourth-order valence-corrected chi connectivity index (χ4v) is 3.67. The van der Waals surface area contributed by atoms with Gasteiger partial charge in [0, 0.05) is 44.8 Å². The van der Waals surface area contributed by atoms with Crippen molar-refractivity contribution >= 4 is 11.6 Å². The Balaban J connectivity index is 1.47. The van der Waals surface area contributed by atoms with Crippen LogP contribution in [0.25, 0.3) is 5.65 Å². The standard InChI is InChI=1S/C18H24N4O2/c23-18(15-4-5-17-19-6-10-21(17)12-15)22-9-3-11-24-16(14-22)13-20-7-1-2-8-20/h4-6,10,12,16H,1-3,7-9,11,13-14H2. The maximum absolute atomic E-state index is 12.9. The summed E-state index contributed by atoms with van der Waals surface area (Å²) in [4.78, 5) is 21.6. The molecular weight excluding hydrogens is 304 g/mol. The van der Waals surface area contributed by atoms with Gasteiger partial charge in [0.05, 0.1) is 11.7 Å². The number of amides is 1. The van der Waals surface area contributed by atoms with Crippen molar-refractivity contribution in [3.63, 3.8) is 0 Å². The second-order valence-electron chi connectivity index (χ2n) is 6.72. The minimum Gasteiger partial charge on any atom is -0.375 e. The summed E-state index contributed by atoms with van der Waals surface area (Å²) in [6.45, 7) is 5.43. The first-order valence-electron chi connectivity index (χ1n) is 8.85. The van der Waals surface area contributed by atoms with Crippen molar-refractivity contribution in [3.05, 3.63) is 36.3 Å². The van der Waals surface area contributed by atoms with Crippen molar-refractivity contribution in [2.45, 2.75) is 25.4 Å². The molecule has 0 N–H and O–H groups in total. The number of carbonyl (C=O) groups excluding carboxylic acids is 1. The summed E-state index contributed by atoms with van der Waals surface area (Å²) in [5.74, 6) is 0.0857. The molecule has 2 aromatic heterocycles. The zero-order chi connectivity index (χ0) is 16.4. The van der Waals surface area contributed by atoms with Crippen molar-refractivity contribution in [1.29, 1.82) is 0 Å². The van der Waals surface area contributed by atoms with Crippen LogP contribution in [0.5, 0.6) is 0 Å². The van der Waals surface area contributed by atoms with E-state index in [1.165, 1.54) is 12.8 Å². The van der Waals surface area contributed by atoms with Gasteiger partial charge in [-0.15, -0.1) is 0 Å². The van der Waals surface area contributed by atoms with Crippen LogP contribution in [0, 0.1) is 0 Å². The number of likely N-dealkylation sites (tertiary alicyclic amines) is 1. The summed E-state index contributed by atoms with van der Waals surface area (Å²) in [6.07, 6.45) is 9.05. The van der Waals surface area contributed by atoms with Gasteiger partial charge < -0.3 is 18.9 Å². The molecule has 2 aromatic rings. The number of carbonyl (C=O) groups is 1. The second-order valence-corrected chi connectivity index (χ2v) is 6.72. The number of imidazole rings is 1. The van der Waals surface area contributed by atoms with Gasteiger partial charge in [0.25, 0.3) is 5.91 Å². The highest BCUT2D eigenvalue weighted by Gasteiger charge is 2.26. The van der Waals surface area contributed by atoms with Gasteiger partial charge in [0.2, 0.25) is 0 Å². The Hall–Kier alpha value is -1.92. The van der Waals surface area contributed by atoms with Crippen LogP contribution < -0.4 is 0 Å². The number of rotatable bonds is 3. The molecule has 0 bridgehead atoms. The molecule has 2 fully saturated rings. The molecule has 1 unspecified atom stereocenters. The second kappa shape index (κ2) is 6.91. The average Bonchev–Trinajstić information content (AvgIpc) is 3.22. The Morgan fingerprint density at radius 1 is 1.21 bits per heavy atom. The van der Waals surface area contributed by atoms with Gasteiger partial charge >= 0.3 is 0 Å². The fraction of sp³-hybridized carbons (Fsp3) is 0.556. The number of fused-ring (bicyclic) bond motifs is 1. The number of hydrogen-bond acceptors (Lipinski definition) is 4. The molecule has 6 heteroatoms. The highest BCUT2D eigenvalue weighted by Crippen LogP contribution is 2.15. The lowest BCUT2D eigenvalue weighted by molar-refractivity contribution is 0.0297. The summed E-state index contributed by atoms with van der Waals surface area (Å²) in [5, 5.41) is 0. The SMILES string of the molecule is O=C(c1ccc2nccn2c1)N1CCCOC(CN2CCCC2)C1. The monoisotopic (exact) mass is 328 g/mol. The molecule has 1 amide bonds. The van der Waals surface area contributed by atoms with E-state index in [0.717, 1.165) is 44.9 Å². The van der Waals surface area contributed by atoms with E-state index in [9.17, 15) is 4.79 Å². The molecule has 24 heavy (non-hydrogen) atoms. The zero-order valence-corrected chi connectivity index (χ0v) is 13.9. The smallest absolute Gasteiger partial charge is 0.255 e. The lowest BCUT2D eigenvalue weighted by Crippen LogP contribution is -2.41. The van der Waals surface area contributed by atoms with Crippen LogP contribution >= 0.6 is 0 Å². The molecule has 0 aliphatic carbocycles. The van der Waals surface area contributed by atoms with Gasteiger partial charge in [-0.3, -0.25) is 4.79 Å². The maximum atomic E-state index is 12.9. The number of hydrogen-bond donors (Lipinski definition) is 0. The van der Waals surface area contributed by atoms with Crippen LogP contribution in [0.4, 0.5) is 0 Å². The van der Waals surface area contributed by atoms with Crippen LogP contribution in [0.15, 0.2) is 30.7 Å². The topological polar surface area (TPSA) is 50.1 Å². The number of aromatic nitrogens is 2. The van der Waals surface area contributed by atoms with Gasteiger partial charge in [-0.1, -0.05) is 0 Å². The first-order chi connectivity index (χ1) is 11.8. The van der Waals surface area contributed by atoms with E-state index in [1.807, 2.05) is 33.8 Å². The van der Waals surface area contributed by atoms with Crippen LogP contribution in [0.3, 0.4) is 0 Å². The first kappa shape index (κ1) is 15.6. The van der Waals surface area contributed by atoms with E-state index < -0.39 is 0 Å². The van der Waals surface area contributed by atoms with E-state index in [2.05, 4.69) is 9.88 Å². The zero-order valence-electron chi connectivity index (χ0n) is 13.9. The third-order valence-electron chi connectivity index (χ3n) is 4.93. The highest BCUT2D eigenvalue weighted by molar-refractivity contribution is 5.94. The van der Waals surface area contributed by atoms with E-state index in [-0.39, 0.29) is 12.0 Å². The number of nitrogens with zero attached hydrogens (tertiary/aromatic N) is 4. The van der Waals surface area contributed by atoms with E-state index in [4.69, 9.17) is 4.74 Å². The van der Waals surface area contributed by atoms with Gasteiger partial charge in [-0.25, -0.2) is 4.98 Å². The van der Waals surface area contributed by atoms with Gasteiger partial charge in [0.15, 0.2) is 0 Å². The Morgan fingerprint density at radius 3 is 2.96 bits per heavy atom. The van der Waals surface area contributed by atoms with Crippen molar-refractivity contribution in [2.24, 2.45) is 0 Å². The van der Waals surface area contributed by atoms with Crippen LogP contribution in [0.2, 0.25) is 0 Å². The summed E-state index contributed by atoms with van der Waals surface area (Å²) < 4.78 is 7.88. The van der Waals surface area contributed by atoms with Crippen LogP contribution in [0.1, 0.15) is 29.6 Å². The van der Waals surface area contributed by atoms with E-state index in [1.54, 1.807) is 6.20 Å². The maximum Gasteiger partial charge on any atom is 0.255 e. The molecule has 2 aliphatic heterocycles. The van der Waals surface area contributed by atoms with Gasteiger partial charge in [0.1, 0.15) is 5.65 Å². The molecule has 6 nitrogen and oxygen atoms in total. The lowest BCUT2D eigenvalue weighted by atomic mass is 10.2. The molecule has 4 heterocycles. The van der Waals surface area contributed by atoms with Gasteiger partial charge in [-0.2, -0.15) is 0 Å². The normalized spacial score (nSPS) is 22.8. The molecule has 4 rings (SSSR count). The van der Waals surface area contributed by atoms with Gasteiger partial charge in [-0.05, 0) is 44.5 Å². The summed E-state index contributed by atoms with van der Waals surface area (Å²) in [5.41, 5.74) is 1.57. The third kappa shape index (κ3) is 3.30. The Bertz CT molecular complexity index is 708. The van der Waals surface area contributed by atoms with Crippen molar-refractivity contribution in [3.8, 4) is 0 Å². The molecule has 128 valence electrons. The minimum absolute atomic E-state index is 0.0857. The van der Waals surface area contributed by atoms with E-state index in [0.29, 0.717) is 12.1 Å². The summed E-state index contributed by atoms with van der Waals surface area (Å²) in [6, 6.07) is 3.76. The molecule has 2 saturated heterocycles. The predicted molar refractivity (Wildman–Crippen MR) is 91.1 cm³/mol. The molecule has 0 aromatic carbocycles. The number of pyridine rings is 1. The molecule has 0 spiro atoms. The van der Waals surface area contributed by atoms with Crippen molar-refractivity contribution < 1.29 is 9.53 Å². The largest absolute Gasteiger partial charge is 0.375 e. The lowest BCUT2D eigenvalue weighted by Gasteiger charge is -2.27. The highest BCUT2D eigenvalue weighted by atomic mass is 16.5. The quantitative estimate of drug-likeness (QED) is 0.860. The molecule has 0 radical (unpaired) electrons. The van der Waals surface area contributed by atoms with Crippen molar-refractivity contribution in [2.75, 3.05) is 39.3 Å². The summed E-state index contributed by atoms with van der Waals surface area (Å²) >= 11 is 0. The summed E-state index contributed by atoms with van der Waals surface area (Å²) in [7, 11) is 0. The van der Waals surface area contributed by atoms with E-state index >= 15 is 0 Å². The first-order valence-corrected chi connectivity index (χ1v) is 8.85. The fourth-order valence-electron chi connectivity index (χ4n) is 3.67. The number of ether oxygens (including phenoxy) is 1. The molecule has 1 atom stereocenters. The van der Waals surface area contributed by atoms with Crippen LogP contribution in [-0.4, -0.2) is 70.5 Å². The third-order valence-corrected chi connectivity index (χ3v) is 4.93. The molecule has 2 aliphatic rings. The molecule has 0 saturated carbocycles. The Labute approximate surface area is 142 Å². The Kier molecular flexibility index (Phi) is 4.49. The molecular formula is C18H24N4O2. The van der Waals surface area contributed by atoms with Crippen LogP contribution in [-0.2, 0) is 4.74 Å². The average molecular weight is 328 g/mol.